The monoisotopic (exact) mass is 389 g/mol. The van der Waals surface area contributed by atoms with Crippen molar-refractivity contribution in [3.05, 3.63) is 0 Å². The predicted octanol–water partition coefficient (Wildman–Crippen LogP) is -1.53. The van der Waals surface area contributed by atoms with E-state index >= 15 is 0 Å². The van der Waals surface area contributed by atoms with Gasteiger partial charge in [0.05, 0.1) is 0 Å². The molecule has 0 unspecified atom stereocenters. The third-order valence-electron chi connectivity index (χ3n) is 0. The second-order valence-electron chi connectivity index (χ2n) is 0.0431. The zero-order valence-electron chi connectivity index (χ0n) is 3.06. The first-order valence-corrected chi connectivity index (χ1v) is 6.30. The Morgan fingerprint density at radius 2 is 0.714 bits per heavy atom. The van der Waals surface area contributed by atoms with E-state index in [9.17, 15) is 0 Å². The van der Waals surface area contributed by atoms with Crippen LogP contribution in [0.4, 0.5) is 0 Å². The minimum absolute atomic E-state index is 0. The fourth-order valence-electron chi connectivity index (χ4n) is 0. The van der Waals surface area contributed by atoms with Gasteiger partial charge in [-0.1, -0.05) is 0 Å². The molecule has 0 aromatic heterocycles. The molecule has 0 spiro atoms. The number of hydrogen-bond donors (Lipinski definition) is 0. The molecule has 0 aliphatic carbocycles. The fourth-order valence-corrected chi connectivity index (χ4v) is 0. The van der Waals surface area contributed by atoms with Crippen molar-refractivity contribution in [1.29, 1.82) is 0 Å². The summed E-state index contributed by atoms with van der Waals surface area (Å²) in [6.45, 7) is 0. The number of hydrogen-bond acceptors (Lipinski definition) is 0. The van der Waals surface area contributed by atoms with Crippen LogP contribution in [0.2, 0.25) is 0 Å². The summed E-state index contributed by atoms with van der Waals surface area (Å²) in [6.07, 6.45) is 0. The summed E-state index contributed by atoms with van der Waals surface area (Å²) in [5, 5.41) is 0. The van der Waals surface area contributed by atoms with Crippen LogP contribution in [0, 0.1) is 0 Å². The van der Waals surface area contributed by atoms with Gasteiger partial charge in [-0.2, -0.15) is 0 Å². The summed E-state index contributed by atoms with van der Waals surface area (Å²) in [5.74, 6) is 0. The molecule has 0 aliphatic rings. The first kappa shape index (κ1) is 37.0. The van der Waals surface area contributed by atoms with Crippen LogP contribution in [-0.4, -0.2) is 21.9 Å². The van der Waals surface area contributed by atoms with Crippen molar-refractivity contribution in [1.82, 2.24) is 0 Å². The maximum absolute atomic E-state index is 2.18. The van der Waals surface area contributed by atoms with Crippen LogP contribution in [-0.2, 0) is 8.46 Å². The van der Waals surface area contributed by atoms with E-state index in [1.54, 1.807) is 8.46 Å². The van der Waals surface area contributed by atoms with Crippen LogP contribution < -0.4 is 0 Å². The Morgan fingerprint density at radius 1 is 0.714 bits per heavy atom. The van der Waals surface area contributed by atoms with Gasteiger partial charge >= 0.3 is 49.1 Å². The molecule has 0 saturated carbocycles. The normalized spacial score (nSPS) is 3.14. The van der Waals surface area contributed by atoms with E-state index in [1.807, 2.05) is 0 Å². The molecule has 0 aromatic rings. The van der Waals surface area contributed by atoms with Gasteiger partial charge in [0.2, 0.25) is 0 Å². The van der Waals surface area contributed by atoms with Crippen molar-refractivity contribution in [3.63, 3.8) is 0 Å². The van der Waals surface area contributed by atoms with E-state index in [0.29, 0.717) is 0 Å². The third kappa shape index (κ3) is 80.0. The average Bonchev–Trinajstić information content (AvgIpc) is 0.918. The Bertz CT molecular complexity index is 9.65. The van der Waals surface area contributed by atoms with Gasteiger partial charge in [0.15, 0.2) is 0 Å². The van der Waals surface area contributed by atoms with Crippen molar-refractivity contribution >= 4 is 40.7 Å². The molecule has 0 aliphatic heterocycles. The first-order valence-electron chi connectivity index (χ1n) is 0.228. The maximum atomic E-state index is 2.18. The minimum atomic E-state index is 0. The van der Waals surface area contributed by atoms with Gasteiger partial charge in [0.25, 0.3) is 0 Å². The molecule has 0 rings (SSSR count). The zero-order chi connectivity index (χ0) is 2.71. The third-order valence-corrected chi connectivity index (χ3v) is 0. The average molecular weight is 389 g/mol. The van der Waals surface area contributed by atoms with E-state index < -0.39 is 0 Å². The SMILES string of the molecule is O.O.O.O.[I][Cu][I]. The van der Waals surface area contributed by atoms with Crippen LogP contribution in [0.5, 0.6) is 0 Å². The van der Waals surface area contributed by atoms with Crippen LogP contribution in [0.1, 0.15) is 0 Å². The molecule has 0 fully saturated rings. The predicted molar refractivity (Wildman–Crippen MR) is 42.5 cm³/mol. The van der Waals surface area contributed by atoms with Gasteiger partial charge in [-0.3, -0.25) is 0 Å². The standard InChI is InChI=1S/Cu.2HI.4H2O/h;2*1H;4*1H2/q+2;;;;;;/p-2. The van der Waals surface area contributed by atoms with E-state index in [4.69, 9.17) is 0 Å². The topological polar surface area (TPSA) is 126 Å². The Balaban J connectivity index is -0.00000000333. The molecule has 0 radical (unpaired) electrons. The molecular formula is H8CuI2O4. The van der Waals surface area contributed by atoms with Crippen molar-refractivity contribution in [2.75, 3.05) is 0 Å². The van der Waals surface area contributed by atoms with Gasteiger partial charge in [0.1, 0.15) is 0 Å². The molecule has 7 heteroatoms. The molecular weight excluding hydrogens is 381 g/mol. The Morgan fingerprint density at radius 3 is 0.714 bits per heavy atom. The van der Waals surface area contributed by atoms with Crippen LogP contribution in [0.25, 0.3) is 0 Å². The van der Waals surface area contributed by atoms with Crippen LogP contribution in [0.15, 0.2) is 0 Å². The second kappa shape index (κ2) is 45.7. The Labute approximate surface area is 70.3 Å². The van der Waals surface area contributed by atoms with E-state index in [0.717, 1.165) is 0 Å². The summed E-state index contributed by atoms with van der Waals surface area (Å²) in [5.41, 5.74) is 0. The quantitative estimate of drug-likeness (QED) is 0.352. The molecule has 0 aromatic carbocycles. The fraction of sp³-hybridized carbons (Fsp3) is 0. The summed E-state index contributed by atoms with van der Waals surface area (Å²) in [6, 6.07) is 0. The summed E-state index contributed by atoms with van der Waals surface area (Å²) in [4.78, 5) is 0. The number of halogens is 2. The van der Waals surface area contributed by atoms with E-state index in [-0.39, 0.29) is 21.9 Å². The second-order valence-corrected chi connectivity index (χ2v) is 7.99. The Kier molecular flexibility index (Phi) is 242. The van der Waals surface area contributed by atoms with Gasteiger partial charge in [-0.15, -0.1) is 0 Å². The summed E-state index contributed by atoms with van der Waals surface area (Å²) in [7, 11) is 1.75. The zero-order valence-corrected chi connectivity index (χ0v) is 8.31. The van der Waals surface area contributed by atoms with Gasteiger partial charge < -0.3 is 21.9 Å². The van der Waals surface area contributed by atoms with Crippen LogP contribution >= 0.6 is 40.7 Å². The van der Waals surface area contributed by atoms with E-state index in [2.05, 4.69) is 40.7 Å². The molecule has 4 nitrogen and oxygen atoms in total. The van der Waals surface area contributed by atoms with Crippen molar-refractivity contribution in [2.24, 2.45) is 0 Å². The van der Waals surface area contributed by atoms with Crippen molar-refractivity contribution in [2.45, 2.75) is 0 Å². The Hall–Kier alpha value is 1.82. The molecule has 0 saturated heterocycles. The molecule has 0 heterocycles. The first-order chi connectivity index (χ1) is 1.41. The molecule has 7 heavy (non-hydrogen) atoms. The summed E-state index contributed by atoms with van der Waals surface area (Å²) >= 11 is 4.36. The van der Waals surface area contributed by atoms with Crippen molar-refractivity contribution < 1.29 is 30.4 Å². The van der Waals surface area contributed by atoms with Gasteiger partial charge in [-0.05, 0) is 0 Å². The molecule has 8 N–H and O–H groups in total. The summed E-state index contributed by atoms with van der Waals surface area (Å²) < 4.78 is 0. The number of rotatable bonds is 0. The molecule has 0 atom stereocenters. The van der Waals surface area contributed by atoms with Gasteiger partial charge in [0, 0.05) is 0 Å². The van der Waals surface area contributed by atoms with Crippen molar-refractivity contribution in [3.8, 4) is 0 Å². The van der Waals surface area contributed by atoms with Gasteiger partial charge in [-0.25, -0.2) is 0 Å². The molecule has 0 amide bonds. The molecule has 57 valence electrons. The molecule has 0 bridgehead atoms. The van der Waals surface area contributed by atoms with Crippen LogP contribution in [0.3, 0.4) is 0 Å². The van der Waals surface area contributed by atoms with E-state index in [1.165, 1.54) is 0 Å².